The summed E-state index contributed by atoms with van der Waals surface area (Å²) in [6, 6.07) is 36.5. The standard InChI is InChI=1S/C31H18BN3O/c1-2-9-19(10-3-1)34-24-15-7-16-25-27(24)32(30-29(34)22-11-4-5-17-26(22)36-30)23-14-6-12-20-21-13-8-18-33-31(21)35(25)28(20)23/h1-18H. The molecule has 2 aliphatic heterocycles. The number of aromatic nitrogens is 2. The Kier molecular flexibility index (Phi) is 3.33. The quantitative estimate of drug-likeness (QED) is 0.303. The molecule has 0 unspecified atom stereocenters. The first-order valence-electron chi connectivity index (χ1n) is 12.3. The van der Waals surface area contributed by atoms with Crippen molar-refractivity contribution in [3.8, 4) is 5.69 Å². The normalized spacial score (nSPS) is 13.4. The third-order valence-electron chi connectivity index (χ3n) is 7.82. The summed E-state index contributed by atoms with van der Waals surface area (Å²) in [5.74, 6) is 0. The first-order valence-corrected chi connectivity index (χ1v) is 12.3. The van der Waals surface area contributed by atoms with Crippen molar-refractivity contribution < 1.29 is 4.42 Å². The molecular weight excluding hydrogens is 441 g/mol. The molecule has 0 aliphatic carbocycles. The molecule has 0 N–H and O–H groups in total. The van der Waals surface area contributed by atoms with Crippen molar-refractivity contribution in [1.82, 2.24) is 9.55 Å². The van der Waals surface area contributed by atoms with Crippen LogP contribution in [0.1, 0.15) is 0 Å². The molecule has 2 aliphatic rings. The van der Waals surface area contributed by atoms with Crippen molar-refractivity contribution in [2.75, 3.05) is 4.90 Å². The van der Waals surface area contributed by atoms with Crippen molar-refractivity contribution in [3.63, 3.8) is 0 Å². The second kappa shape index (κ2) is 6.46. The first kappa shape index (κ1) is 18.5. The van der Waals surface area contributed by atoms with Gasteiger partial charge >= 0.3 is 0 Å². The Morgan fingerprint density at radius 2 is 1.44 bits per heavy atom. The first-order chi connectivity index (χ1) is 17.9. The van der Waals surface area contributed by atoms with Crippen LogP contribution in [0.4, 0.5) is 17.1 Å². The van der Waals surface area contributed by atoms with Crippen molar-refractivity contribution >= 4 is 73.3 Å². The van der Waals surface area contributed by atoms with Crippen LogP contribution in [0, 0.1) is 0 Å². The van der Waals surface area contributed by atoms with E-state index in [1.807, 2.05) is 18.3 Å². The molecule has 4 aromatic carbocycles. The van der Waals surface area contributed by atoms with E-state index in [1.54, 1.807) is 0 Å². The van der Waals surface area contributed by atoms with Gasteiger partial charge in [-0.2, -0.15) is 0 Å². The van der Waals surface area contributed by atoms with Crippen LogP contribution in [0.25, 0.3) is 38.6 Å². The molecule has 0 saturated heterocycles. The zero-order chi connectivity index (χ0) is 23.4. The van der Waals surface area contributed by atoms with Crippen LogP contribution in [0.15, 0.2) is 114 Å². The van der Waals surface area contributed by atoms with E-state index in [0.29, 0.717) is 0 Å². The van der Waals surface area contributed by atoms with E-state index < -0.39 is 0 Å². The highest BCUT2D eigenvalue weighted by atomic mass is 16.3. The predicted molar refractivity (Wildman–Crippen MR) is 148 cm³/mol. The van der Waals surface area contributed by atoms with Gasteiger partial charge in [0, 0.05) is 39.4 Å². The average molecular weight is 459 g/mol. The Morgan fingerprint density at radius 1 is 0.667 bits per heavy atom. The summed E-state index contributed by atoms with van der Waals surface area (Å²) in [6.07, 6.45) is 1.89. The number of pyridine rings is 1. The van der Waals surface area contributed by atoms with Crippen molar-refractivity contribution in [2.24, 2.45) is 0 Å². The third kappa shape index (κ3) is 2.10. The smallest absolute Gasteiger partial charge is 0.297 e. The molecule has 0 saturated carbocycles. The number of benzene rings is 4. The largest absolute Gasteiger partial charge is 0.468 e. The Morgan fingerprint density at radius 3 is 2.39 bits per heavy atom. The lowest BCUT2D eigenvalue weighted by atomic mass is 9.36. The number of hydrogen-bond acceptors (Lipinski definition) is 3. The van der Waals surface area contributed by atoms with Gasteiger partial charge in [-0.3, -0.25) is 4.57 Å². The summed E-state index contributed by atoms with van der Waals surface area (Å²) in [7, 11) is 0. The lowest BCUT2D eigenvalue weighted by molar-refractivity contribution is 0.651. The summed E-state index contributed by atoms with van der Waals surface area (Å²) in [5, 5.41) is 3.54. The maximum absolute atomic E-state index is 6.75. The van der Waals surface area contributed by atoms with Gasteiger partial charge in [-0.05, 0) is 59.5 Å². The summed E-state index contributed by atoms with van der Waals surface area (Å²) in [5.41, 5.74) is 11.3. The van der Waals surface area contributed by atoms with Gasteiger partial charge in [-0.25, -0.2) is 4.98 Å². The van der Waals surface area contributed by atoms with E-state index in [-0.39, 0.29) is 6.71 Å². The zero-order valence-corrected chi connectivity index (χ0v) is 19.2. The minimum atomic E-state index is -0.000857. The fraction of sp³-hybridized carbons (Fsp3) is 0. The van der Waals surface area contributed by atoms with E-state index >= 15 is 0 Å². The molecule has 9 rings (SSSR count). The van der Waals surface area contributed by atoms with Gasteiger partial charge in [-0.15, -0.1) is 0 Å². The lowest BCUT2D eigenvalue weighted by Crippen LogP contribution is -2.59. The van der Waals surface area contributed by atoms with E-state index in [0.717, 1.165) is 33.7 Å². The molecule has 3 aromatic heterocycles. The molecule has 166 valence electrons. The monoisotopic (exact) mass is 459 g/mol. The van der Waals surface area contributed by atoms with Crippen LogP contribution < -0.4 is 21.5 Å². The highest BCUT2D eigenvalue weighted by Crippen LogP contribution is 2.43. The van der Waals surface area contributed by atoms with E-state index in [9.17, 15) is 0 Å². The minimum absolute atomic E-state index is 0.000857. The van der Waals surface area contributed by atoms with Crippen LogP contribution in [0.5, 0.6) is 0 Å². The van der Waals surface area contributed by atoms with Gasteiger partial charge in [-0.1, -0.05) is 54.6 Å². The second-order valence-electron chi connectivity index (χ2n) is 9.58. The third-order valence-corrected chi connectivity index (χ3v) is 7.82. The van der Waals surface area contributed by atoms with Crippen LogP contribution in [-0.2, 0) is 0 Å². The van der Waals surface area contributed by atoms with Crippen LogP contribution in [0.2, 0.25) is 0 Å². The van der Waals surface area contributed by atoms with Gasteiger partial charge in [0.1, 0.15) is 11.2 Å². The van der Waals surface area contributed by atoms with Gasteiger partial charge in [0.25, 0.3) is 6.71 Å². The summed E-state index contributed by atoms with van der Waals surface area (Å²) in [4.78, 5) is 7.22. The van der Waals surface area contributed by atoms with Crippen molar-refractivity contribution in [2.45, 2.75) is 0 Å². The Hall–Kier alpha value is -4.77. The number of nitrogens with zero attached hydrogens (tertiary/aromatic N) is 3. The summed E-state index contributed by atoms with van der Waals surface area (Å²) < 4.78 is 9.10. The highest BCUT2D eigenvalue weighted by Gasteiger charge is 2.45. The van der Waals surface area contributed by atoms with E-state index in [2.05, 4.69) is 100 Å². The van der Waals surface area contributed by atoms with Crippen LogP contribution >= 0.6 is 0 Å². The second-order valence-corrected chi connectivity index (χ2v) is 9.58. The number of fused-ring (bicyclic) bond motifs is 9. The summed E-state index contributed by atoms with van der Waals surface area (Å²) in [6.45, 7) is -0.000857. The fourth-order valence-electron chi connectivity index (χ4n) is 6.48. The molecule has 36 heavy (non-hydrogen) atoms. The lowest BCUT2D eigenvalue weighted by Gasteiger charge is -2.37. The van der Waals surface area contributed by atoms with Crippen LogP contribution in [0.3, 0.4) is 0 Å². The Bertz CT molecular complexity index is 2020. The molecule has 0 spiro atoms. The van der Waals surface area contributed by atoms with E-state index in [4.69, 9.17) is 9.40 Å². The molecular formula is C31H18BN3O. The fourth-order valence-corrected chi connectivity index (χ4v) is 6.48. The Labute approximate surface area is 207 Å². The molecule has 0 radical (unpaired) electrons. The Balaban J connectivity index is 1.51. The molecule has 0 fully saturated rings. The molecule has 5 heteroatoms. The minimum Gasteiger partial charge on any atom is -0.468 e. The van der Waals surface area contributed by atoms with Crippen molar-refractivity contribution in [1.29, 1.82) is 0 Å². The van der Waals surface area contributed by atoms with Gasteiger partial charge in [0.05, 0.1) is 16.9 Å². The number of anilines is 3. The topological polar surface area (TPSA) is 34.2 Å². The predicted octanol–water partition coefficient (Wildman–Crippen LogP) is 5.54. The van der Waals surface area contributed by atoms with E-state index in [1.165, 1.54) is 38.6 Å². The molecule has 5 heterocycles. The van der Waals surface area contributed by atoms with Gasteiger partial charge < -0.3 is 9.32 Å². The molecule has 0 amide bonds. The van der Waals surface area contributed by atoms with Gasteiger partial charge in [0.15, 0.2) is 0 Å². The number of para-hydroxylation sites is 3. The SMILES string of the molecule is c1ccc(N2c3cccc4c3B(c3oc5ccccc5c32)c2cccc3c5cccnc5n-4c23)cc1. The summed E-state index contributed by atoms with van der Waals surface area (Å²) >= 11 is 0. The highest BCUT2D eigenvalue weighted by molar-refractivity contribution is 6.99. The maximum Gasteiger partial charge on any atom is 0.297 e. The number of hydrogen-bond donors (Lipinski definition) is 0. The molecule has 0 atom stereocenters. The number of furan rings is 1. The maximum atomic E-state index is 6.75. The van der Waals surface area contributed by atoms with Gasteiger partial charge in [0.2, 0.25) is 0 Å². The van der Waals surface area contributed by atoms with Crippen molar-refractivity contribution in [3.05, 3.63) is 109 Å². The number of rotatable bonds is 1. The van der Waals surface area contributed by atoms with Crippen LogP contribution in [-0.4, -0.2) is 16.3 Å². The molecule has 0 bridgehead atoms. The zero-order valence-electron chi connectivity index (χ0n) is 19.2. The molecule has 7 aromatic rings. The molecule has 4 nitrogen and oxygen atoms in total. The average Bonchev–Trinajstić information content (AvgIpc) is 3.49.